The van der Waals surface area contributed by atoms with Gasteiger partial charge >= 0.3 is 29.6 Å². The summed E-state index contributed by atoms with van der Waals surface area (Å²) in [6, 6.07) is 0. The van der Waals surface area contributed by atoms with Crippen LogP contribution in [0.5, 0.6) is 0 Å². The third kappa shape index (κ3) is 3080. The van der Waals surface area contributed by atoms with Crippen molar-refractivity contribution in [1.82, 2.24) is 6.15 Å². The normalized spacial score (nSPS) is 5.36. The minimum Gasteiger partial charge on any atom is -1.00 e. The van der Waals surface area contributed by atoms with Gasteiger partial charge in [0.15, 0.2) is 0 Å². The molecule has 0 spiro atoms. The topological polar surface area (TPSA) is 153 Å². The third-order valence-electron chi connectivity index (χ3n) is 0. The number of amides is 1. The van der Waals surface area contributed by atoms with Crippen molar-refractivity contribution in [2.24, 2.45) is 5.73 Å². The van der Waals surface area contributed by atoms with E-state index < -0.39 is 11.9 Å². The van der Waals surface area contributed by atoms with Crippen LogP contribution < -0.4 is 41.4 Å². The molecule has 0 saturated heterocycles. The average molecular weight is 220 g/mol. The Morgan fingerprint density at radius 2 is 1.00 bits per heavy atom. The van der Waals surface area contributed by atoms with E-state index in [1.165, 1.54) is 6.92 Å². The van der Waals surface area contributed by atoms with Gasteiger partial charge in [0.1, 0.15) is 0 Å². The minimum absolute atomic E-state index is 0. The summed E-state index contributed by atoms with van der Waals surface area (Å²) in [5, 5.41) is 14.8. The molecular weight excluding hydrogens is 203 g/mol. The van der Waals surface area contributed by atoms with Gasteiger partial charge in [-0.25, -0.2) is 0 Å². The number of hydrogen-bond acceptors (Lipinski definition) is 4. The van der Waals surface area contributed by atoms with E-state index >= 15 is 0 Å². The summed E-state index contributed by atoms with van der Waals surface area (Å²) in [6.07, 6.45) is 0. The second kappa shape index (κ2) is 22.8. The van der Waals surface area contributed by atoms with E-state index in [0.29, 0.717) is 0 Å². The third-order valence-corrected chi connectivity index (χ3v) is 0. The van der Waals surface area contributed by atoms with Crippen molar-refractivity contribution >= 4 is 17.8 Å². The standard InChI is InChI=1S/C2H5NO.2C2H4O2.H3N.Na.H/c3*1-2(3)4;;;/h1H3,(H2,3,4);2*1H3,(H,3,4);1H3;;/q;;;;+1;-1. The Bertz CT molecular complexity index is 127. The van der Waals surface area contributed by atoms with E-state index in [1.54, 1.807) is 0 Å². The second-order valence-electron chi connectivity index (χ2n) is 1.65. The predicted octanol–water partition coefficient (Wildman–Crippen LogP) is -3.05. The zero-order valence-electron chi connectivity index (χ0n) is 9.90. The molecule has 1 amide bonds. The first-order valence-corrected chi connectivity index (χ1v) is 2.85. The molecule has 0 aromatic heterocycles. The number of carboxylic acid groups (broad SMARTS) is 2. The van der Waals surface area contributed by atoms with Crippen LogP contribution in [0.15, 0.2) is 0 Å². The molecule has 0 fully saturated rings. The number of hydrogen-bond donors (Lipinski definition) is 4. The second-order valence-corrected chi connectivity index (χ2v) is 1.65. The molecule has 0 unspecified atom stereocenters. The minimum atomic E-state index is -0.833. The van der Waals surface area contributed by atoms with Crippen LogP contribution in [0, 0.1) is 0 Å². The van der Waals surface area contributed by atoms with Crippen molar-refractivity contribution in [3.05, 3.63) is 0 Å². The Morgan fingerprint density at radius 3 is 1.00 bits per heavy atom. The molecule has 14 heavy (non-hydrogen) atoms. The average Bonchev–Trinajstić information content (AvgIpc) is 1.54. The number of primary amides is 1. The van der Waals surface area contributed by atoms with Crippen LogP contribution in [0.4, 0.5) is 0 Å². The van der Waals surface area contributed by atoms with Gasteiger partial charge in [-0.05, 0) is 0 Å². The van der Waals surface area contributed by atoms with Crippen molar-refractivity contribution in [2.45, 2.75) is 20.8 Å². The number of carbonyl (C=O) groups is 3. The maximum atomic E-state index is 9.22. The van der Waals surface area contributed by atoms with Gasteiger partial charge in [-0.2, -0.15) is 0 Å². The van der Waals surface area contributed by atoms with Gasteiger partial charge in [-0.3, -0.25) is 14.4 Å². The fourth-order valence-corrected chi connectivity index (χ4v) is 0. The fourth-order valence-electron chi connectivity index (χ4n) is 0. The Labute approximate surface area is 106 Å². The molecule has 7 N–H and O–H groups in total. The van der Waals surface area contributed by atoms with Crippen LogP contribution in [0.25, 0.3) is 0 Å². The summed E-state index contributed by atoms with van der Waals surface area (Å²) >= 11 is 0. The molecule has 0 aliphatic carbocycles. The molecule has 0 aromatic rings. The Morgan fingerprint density at radius 1 is 1.00 bits per heavy atom. The zero-order chi connectivity index (χ0) is 10.7. The monoisotopic (exact) mass is 220 g/mol. The van der Waals surface area contributed by atoms with Crippen molar-refractivity contribution in [2.75, 3.05) is 0 Å². The van der Waals surface area contributed by atoms with Crippen molar-refractivity contribution in [3.63, 3.8) is 0 Å². The molecule has 0 radical (unpaired) electrons. The van der Waals surface area contributed by atoms with Gasteiger partial charge in [0.05, 0.1) is 0 Å². The fraction of sp³-hybridized carbons (Fsp3) is 0.500. The Hall–Kier alpha value is -0.630. The number of carboxylic acids is 2. The first kappa shape index (κ1) is 29.2. The number of aliphatic carboxylic acids is 2. The molecular formula is C6H17N2NaO5. The van der Waals surface area contributed by atoms with E-state index in [0.717, 1.165) is 13.8 Å². The van der Waals surface area contributed by atoms with Crippen molar-refractivity contribution < 1.29 is 55.6 Å². The molecule has 0 aromatic carbocycles. The summed E-state index contributed by atoms with van der Waals surface area (Å²) in [5.74, 6) is -2.00. The predicted molar refractivity (Wildman–Crippen MR) is 47.6 cm³/mol. The molecule has 0 saturated carbocycles. The Balaban J connectivity index is -0.0000000184. The van der Waals surface area contributed by atoms with Gasteiger partial charge in [0.25, 0.3) is 11.9 Å². The smallest absolute Gasteiger partial charge is 1.00 e. The SMILES string of the molecule is CC(=O)O.CC(=O)O.CC(N)=O.N.[H-].[Na+]. The van der Waals surface area contributed by atoms with Gasteiger partial charge in [-0.15, -0.1) is 0 Å². The summed E-state index contributed by atoms with van der Waals surface area (Å²) in [4.78, 5) is 27.2. The summed E-state index contributed by atoms with van der Waals surface area (Å²) in [5.41, 5.74) is 4.47. The molecule has 0 heterocycles. The molecule has 8 heteroatoms. The molecule has 7 nitrogen and oxygen atoms in total. The summed E-state index contributed by atoms with van der Waals surface area (Å²) in [7, 11) is 0. The zero-order valence-corrected chi connectivity index (χ0v) is 10.9. The van der Waals surface area contributed by atoms with Crippen LogP contribution in [0.1, 0.15) is 22.2 Å². The van der Waals surface area contributed by atoms with Gasteiger partial charge in [0, 0.05) is 20.8 Å². The van der Waals surface area contributed by atoms with E-state index in [2.05, 4.69) is 5.73 Å². The molecule has 0 bridgehead atoms. The summed E-state index contributed by atoms with van der Waals surface area (Å²) < 4.78 is 0. The van der Waals surface area contributed by atoms with Crippen LogP contribution >= 0.6 is 0 Å². The largest absolute Gasteiger partial charge is 1.00 e. The van der Waals surface area contributed by atoms with Gasteiger partial charge in [-0.1, -0.05) is 0 Å². The van der Waals surface area contributed by atoms with E-state index in [4.69, 9.17) is 19.8 Å². The molecule has 0 aliphatic rings. The van der Waals surface area contributed by atoms with Crippen molar-refractivity contribution in [1.29, 1.82) is 0 Å². The number of carbonyl (C=O) groups excluding carboxylic acids is 1. The summed E-state index contributed by atoms with van der Waals surface area (Å²) in [6.45, 7) is 3.47. The first-order chi connectivity index (χ1) is 5.20. The van der Waals surface area contributed by atoms with Crippen LogP contribution in [-0.2, 0) is 14.4 Å². The molecule has 0 rings (SSSR count). The molecule has 0 aliphatic heterocycles. The maximum Gasteiger partial charge on any atom is 1.00 e. The van der Waals surface area contributed by atoms with Gasteiger partial charge < -0.3 is 23.5 Å². The van der Waals surface area contributed by atoms with E-state index in [-0.39, 0.29) is 43.0 Å². The van der Waals surface area contributed by atoms with Crippen LogP contribution in [-0.4, -0.2) is 28.1 Å². The maximum absolute atomic E-state index is 9.22. The van der Waals surface area contributed by atoms with Crippen molar-refractivity contribution in [3.8, 4) is 0 Å². The number of rotatable bonds is 0. The quantitative estimate of drug-likeness (QED) is 0.318. The van der Waals surface area contributed by atoms with E-state index in [1.807, 2.05) is 0 Å². The molecule has 0 atom stereocenters. The van der Waals surface area contributed by atoms with E-state index in [9.17, 15) is 4.79 Å². The first-order valence-electron chi connectivity index (χ1n) is 2.85. The Kier molecular flexibility index (Phi) is 47.6. The number of nitrogens with two attached hydrogens (primary N) is 1. The molecule has 82 valence electrons. The van der Waals surface area contributed by atoms with Gasteiger partial charge in [0.2, 0.25) is 5.91 Å². The van der Waals surface area contributed by atoms with Crippen LogP contribution in [0.3, 0.4) is 0 Å². The van der Waals surface area contributed by atoms with Crippen LogP contribution in [0.2, 0.25) is 0 Å².